The molecule has 162 valence electrons. The number of nitro groups is 1. The summed E-state index contributed by atoms with van der Waals surface area (Å²) in [7, 11) is 0. The number of non-ortho nitro benzene ring substituents is 1. The number of hydrogen-bond donors (Lipinski definition) is 1. The molecule has 8 nitrogen and oxygen atoms in total. The summed E-state index contributed by atoms with van der Waals surface area (Å²) in [4.78, 5) is 23.9. The molecular formula is C23H25N3O5. The van der Waals surface area contributed by atoms with Crippen LogP contribution in [0.15, 0.2) is 42.5 Å². The van der Waals surface area contributed by atoms with Crippen LogP contribution in [0.3, 0.4) is 0 Å². The van der Waals surface area contributed by atoms with Crippen molar-refractivity contribution in [1.82, 2.24) is 0 Å². The summed E-state index contributed by atoms with van der Waals surface area (Å²) in [6, 6.07) is 13.2. The Morgan fingerprint density at radius 2 is 1.97 bits per heavy atom. The molecule has 1 fully saturated rings. The summed E-state index contributed by atoms with van der Waals surface area (Å²) in [6.07, 6.45) is 2.80. The molecule has 1 saturated heterocycles. The van der Waals surface area contributed by atoms with Crippen LogP contribution >= 0.6 is 0 Å². The van der Waals surface area contributed by atoms with E-state index in [9.17, 15) is 20.2 Å². The van der Waals surface area contributed by atoms with Crippen LogP contribution in [0.2, 0.25) is 0 Å². The fraction of sp³-hybridized carbons (Fsp3) is 0.391. The normalized spacial score (nSPS) is 15.0. The van der Waals surface area contributed by atoms with Crippen molar-refractivity contribution in [1.29, 1.82) is 5.26 Å². The number of benzene rings is 2. The number of nitrogens with zero attached hydrogens (tertiary/aromatic N) is 2. The zero-order chi connectivity index (χ0) is 22.3. The van der Waals surface area contributed by atoms with E-state index in [2.05, 4.69) is 18.3 Å². The zero-order valence-corrected chi connectivity index (χ0v) is 17.4. The lowest BCUT2D eigenvalue weighted by Gasteiger charge is -2.36. The van der Waals surface area contributed by atoms with E-state index in [0.29, 0.717) is 55.2 Å². The Bertz CT molecular complexity index is 976. The fourth-order valence-electron chi connectivity index (χ4n) is 3.67. The number of nitrogens with one attached hydrogen (secondary N) is 1. The molecule has 2 aromatic carbocycles. The minimum absolute atomic E-state index is 0.0244. The summed E-state index contributed by atoms with van der Waals surface area (Å²) in [6.45, 7) is 3.42. The Morgan fingerprint density at radius 3 is 2.58 bits per heavy atom. The van der Waals surface area contributed by atoms with Crippen molar-refractivity contribution < 1.29 is 19.2 Å². The molecule has 1 aliphatic heterocycles. The number of anilines is 1. The average Bonchev–Trinajstić information content (AvgIpc) is 2.80. The first-order valence-electron chi connectivity index (χ1n) is 10.3. The Labute approximate surface area is 180 Å². The second kappa shape index (κ2) is 10.0. The summed E-state index contributed by atoms with van der Waals surface area (Å²) < 4.78 is 11.1. The van der Waals surface area contributed by atoms with Gasteiger partial charge in [-0.2, -0.15) is 5.26 Å². The topological polar surface area (TPSA) is 114 Å². The van der Waals surface area contributed by atoms with Gasteiger partial charge in [0.2, 0.25) is 5.91 Å². The lowest BCUT2D eigenvalue weighted by molar-refractivity contribution is -0.384. The van der Waals surface area contributed by atoms with Gasteiger partial charge in [0, 0.05) is 31.0 Å². The number of hydrogen-bond acceptors (Lipinski definition) is 6. The first-order chi connectivity index (χ1) is 15.0. The predicted octanol–water partition coefficient (Wildman–Crippen LogP) is 4.33. The van der Waals surface area contributed by atoms with E-state index >= 15 is 0 Å². The SMILES string of the molecule is CCCCOc1ccc(NC(=O)C2(c3ccc([N+](=O)[O-])cc3)CCOCC2)cc1C#N. The summed E-state index contributed by atoms with van der Waals surface area (Å²) in [5, 5.41) is 23.4. The van der Waals surface area contributed by atoms with Gasteiger partial charge in [0.15, 0.2) is 0 Å². The predicted molar refractivity (Wildman–Crippen MR) is 115 cm³/mol. The standard InChI is InChI=1S/C23H25N3O5/c1-2-3-12-31-21-9-6-19(15-17(21)16-24)25-22(27)23(10-13-30-14-11-23)18-4-7-20(8-5-18)26(28)29/h4-9,15H,2-3,10-14H2,1H3,(H,25,27). The lowest BCUT2D eigenvalue weighted by Crippen LogP contribution is -2.44. The Kier molecular flexibility index (Phi) is 7.21. The number of ether oxygens (including phenoxy) is 2. The van der Waals surface area contributed by atoms with Crippen LogP contribution in [0.4, 0.5) is 11.4 Å². The van der Waals surface area contributed by atoms with Crippen LogP contribution in [0.1, 0.15) is 43.7 Å². The van der Waals surface area contributed by atoms with Crippen molar-refractivity contribution in [2.24, 2.45) is 0 Å². The van der Waals surface area contributed by atoms with Crippen LogP contribution in [-0.2, 0) is 14.9 Å². The van der Waals surface area contributed by atoms with E-state index in [1.807, 2.05) is 0 Å². The molecule has 2 aromatic rings. The van der Waals surface area contributed by atoms with Crippen molar-refractivity contribution in [2.75, 3.05) is 25.1 Å². The Morgan fingerprint density at radius 1 is 1.26 bits per heavy atom. The van der Waals surface area contributed by atoms with Gasteiger partial charge in [-0.25, -0.2) is 0 Å². The van der Waals surface area contributed by atoms with Crippen LogP contribution in [0.25, 0.3) is 0 Å². The molecule has 0 aromatic heterocycles. The second-order valence-corrected chi connectivity index (χ2v) is 7.48. The third-order valence-electron chi connectivity index (χ3n) is 5.53. The molecule has 1 N–H and O–H groups in total. The smallest absolute Gasteiger partial charge is 0.269 e. The van der Waals surface area contributed by atoms with Gasteiger partial charge in [-0.15, -0.1) is 0 Å². The molecule has 31 heavy (non-hydrogen) atoms. The van der Waals surface area contributed by atoms with Crippen LogP contribution in [0.5, 0.6) is 5.75 Å². The number of carbonyl (C=O) groups is 1. The monoisotopic (exact) mass is 423 g/mol. The minimum atomic E-state index is -0.865. The quantitative estimate of drug-likeness (QED) is 0.384. The average molecular weight is 423 g/mol. The highest BCUT2D eigenvalue weighted by Crippen LogP contribution is 2.37. The number of rotatable bonds is 8. The van der Waals surface area contributed by atoms with Gasteiger partial charge in [-0.3, -0.25) is 14.9 Å². The van der Waals surface area contributed by atoms with Gasteiger partial charge in [-0.1, -0.05) is 25.5 Å². The van der Waals surface area contributed by atoms with Gasteiger partial charge >= 0.3 is 0 Å². The van der Waals surface area contributed by atoms with Gasteiger partial charge in [-0.05, 0) is 43.0 Å². The maximum absolute atomic E-state index is 13.4. The second-order valence-electron chi connectivity index (χ2n) is 7.48. The van der Waals surface area contributed by atoms with Crippen molar-refractivity contribution in [3.8, 4) is 11.8 Å². The molecule has 0 spiro atoms. The van der Waals surface area contributed by atoms with Crippen molar-refractivity contribution in [3.63, 3.8) is 0 Å². The summed E-state index contributed by atoms with van der Waals surface area (Å²) >= 11 is 0. The summed E-state index contributed by atoms with van der Waals surface area (Å²) in [5.74, 6) is 0.262. The molecule has 8 heteroatoms. The molecule has 1 amide bonds. The molecule has 1 heterocycles. The van der Waals surface area contributed by atoms with Crippen molar-refractivity contribution >= 4 is 17.3 Å². The molecule has 0 aliphatic carbocycles. The van der Waals surface area contributed by atoms with E-state index < -0.39 is 10.3 Å². The molecule has 0 atom stereocenters. The van der Waals surface area contributed by atoms with Gasteiger partial charge in [0.25, 0.3) is 5.69 Å². The van der Waals surface area contributed by atoms with E-state index in [1.165, 1.54) is 12.1 Å². The largest absolute Gasteiger partial charge is 0.492 e. The van der Waals surface area contributed by atoms with Crippen LogP contribution in [-0.4, -0.2) is 30.7 Å². The molecule has 0 saturated carbocycles. The first kappa shape index (κ1) is 22.2. The lowest BCUT2D eigenvalue weighted by atomic mass is 9.73. The molecule has 0 bridgehead atoms. The maximum Gasteiger partial charge on any atom is 0.269 e. The van der Waals surface area contributed by atoms with Gasteiger partial charge in [0.1, 0.15) is 11.8 Å². The molecule has 1 aliphatic rings. The Hall–Kier alpha value is -3.44. The Balaban J connectivity index is 1.84. The van der Waals surface area contributed by atoms with Crippen LogP contribution < -0.4 is 10.1 Å². The number of amides is 1. The minimum Gasteiger partial charge on any atom is -0.492 e. The van der Waals surface area contributed by atoms with Crippen molar-refractivity contribution in [2.45, 2.75) is 38.0 Å². The molecule has 0 radical (unpaired) electrons. The number of nitro benzene ring substituents is 1. The highest BCUT2D eigenvalue weighted by molar-refractivity contribution is 5.99. The van der Waals surface area contributed by atoms with Crippen molar-refractivity contribution in [3.05, 3.63) is 63.7 Å². The van der Waals surface area contributed by atoms with Gasteiger partial charge < -0.3 is 14.8 Å². The van der Waals surface area contributed by atoms with E-state index in [-0.39, 0.29) is 11.6 Å². The first-order valence-corrected chi connectivity index (χ1v) is 10.3. The van der Waals surface area contributed by atoms with E-state index in [1.54, 1.807) is 30.3 Å². The molecule has 3 rings (SSSR count). The number of carbonyl (C=O) groups excluding carboxylic acids is 1. The highest BCUT2D eigenvalue weighted by atomic mass is 16.6. The fourth-order valence-corrected chi connectivity index (χ4v) is 3.67. The summed E-state index contributed by atoms with van der Waals surface area (Å²) in [5.41, 5.74) is 0.668. The van der Waals surface area contributed by atoms with Crippen LogP contribution in [0, 0.1) is 21.4 Å². The molecule has 0 unspecified atom stereocenters. The number of nitriles is 1. The zero-order valence-electron chi connectivity index (χ0n) is 17.4. The molecular weight excluding hydrogens is 398 g/mol. The van der Waals surface area contributed by atoms with E-state index in [0.717, 1.165) is 12.8 Å². The number of unbranched alkanes of at least 4 members (excludes halogenated alkanes) is 1. The third-order valence-corrected chi connectivity index (χ3v) is 5.53. The van der Waals surface area contributed by atoms with Gasteiger partial charge in [0.05, 0.1) is 22.5 Å². The maximum atomic E-state index is 13.4. The third kappa shape index (κ3) is 5.01. The van der Waals surface area contributed by atoms with E-state index in [4.69, 9.17) is 9.47 Å². The highest BCUT2D eigenvalue weighted by Gasteiger charge is 2.42.